The van der Waals surface area contributed by atoms with Gasteiger partial charge in [0, 0.05) is 11.4 Å². The fourth-order valence-electron chi connectivity index (χ4n) is 1.47. The smallest absolute Gasteiger partial charge is 0.323 e. The van der Waals surface area contributed by atoms with Gasteiger partial charge in [0.2, 0.25) is 0 Å². The third kappa shape index (κ3) is 3.77. The Morgan fingerprint density at radius 3 is 2.59 bits per heavy atom. The molecule has 0 aromatic heterocycles. The molecule has 0 heterocycles. The summed E-state index contributed by atoms with van der Waals surface area (Å²) in [5.74, 6) is 1.45. The maximum Gasteiger partial charge on any atom is 0.323 e. The van der Waals surface area contributed by atoms with Crippen molar-refractivity contribution >= 4 is 17.6 Å². The Labute approximate surface area is 106 Å². The number of carboxylic acids is 1. The second-order valence-corrected chi connectivity index (χ2v) is 4.43. The van der Waals surface area contributed by atoms with Crippen LogP contribution < -0.4 is 5.32 Å². The van der Waals surface area contributed by atoms with E-state index in [1.165, 1.54) is 0 Å². The minimum Gasteiger partial charge on any atom is -0.480 e. The standard InChI is InChI=1S/C13H14ClNO2/c1-3-8-15-13(2,12(16)17)9-10-4-6-11(14)7-5-10/h1,4-7,15H,8-9H2,2H3,(H,16,17). The van der Waals surface area contributed by atoms with Crippen LogP contribution in [0.4, 0.5) is 0 Å². The number of terminal acetylenes is 1. The summed E-state index contributed by atoms with van der Waals surface area (Å²) in [7, 11) is 0. The number of nitrogens with one attached hydrogen (secondary N) is 1. The number of halogens is 1. The van der Waals surface area contributed by atoms with Crippen LogP contribution in [0.3, 0.4) is 0 Å². The summed E-state index contributed by atoms with van der Waals surface area (Å²) >= 11 is 5.77. The van der Waals surface area contributed by atoms with Crippen LogP contribution in [-0.2, 0) is 11.2 Å². The molecule has 1 atom stereocenters. The van der Waals surface area contributed by atoms with Crippen molar-refractivity contribution in [3.8, 4) is 12.3 Å². The maximum absolute atomic E-state index is 11.2. The van der Waals surface area contributed by atoms with Gasteiger partial charge in [-0.2, -0.15) is 0 Å². The Kier molecular flexibility index (Phi) is 4.56. The monoisotopic (exact) mass is 251 g/mol. The fourth-order valence-corrected chi connectivity index (χ4v) is 1.60. The van der Waals surface area contributed by atoms with E-state index in [0.29, 0.717) is 11.4 Å². The minimum absolute atomic E-state index is 0.219. The van der Waals surface area contributed by atoms with Crippen LogP contribution in [0.1, 0.15) is 12.5 Å². The van der Waals surface area contributed by atoms with Gasteiger partial charge in [0.1, 0.15) is 5.54 Å². The molecule has 1 rings (SSSR count). The lowest BCUT2D eigenvalue weighted by molar-refractivity contribution is -0.144. The number of rotatable bonds is 5. The first-order valence-electron chi connectivity index (χ1n) is 5.14. The lowest BCUT2D eigenvalue weighted by atomic mass is 9.93. The lowest BCUT2D eigenvalue weighted by Gasteiger charge is -2.25. The Morgan fingerprint density at radius 2 is 2.12 bits per heavy atom. The SMILES string of the molecule is C#CCNC(C)(Cc1ccc(Cl)cc1)C(=O)O. The molecule has 0 aliphatic carbocycles. The van der Waals surface area contributed by atoms with Gasteiger partial charge in [0.05, 0.1) is 6.54 Å². The Bertz CT molecular complexity index is 436. The summed E-state index contributed by atoms with van der Waals surface area (Å²) in [6.07, 6.45) is 5.47. The highest BCUT2D eigenvalue weighted by atomic mass is 35.5. The first-order chi connectivity index (χ1) is 7.98. The van der Waals surface area contributed by atoms with Gasteiger partial charge in [-0.3, -0.25) is 10.1 Å². The average Bonchev–Trinajstić information content (AvgIpc) is 2.29. The van der Waals surface area contributed by atoms with E-state index in [-0.39, 0.29) is 6.54 Å². The van der Waals surface area contributed by atoms with Gasteiger partial charge >= 0.3 is 5.97 Å². The summed E-state index contributed by atoms with van der Waals surface area (Å²) < 4.78 is 0. The fraction of sp³-hybridized carbons (Fsp3) is 0.308. The number of hydrogen-bond donors (Lipinski definition) is 2. The van der Waals surface area contributed by atoms with Crippen LogP contribution in [0.5, 0.6) is 0 Å². The first-order valence-corrected chi connectivity index (χ1v) is 5.52. The molecule has 0 aliphatic heterocycles. The van der Waals surface area contributed by atoms with Crippen molar-refractivity contribution in [2.75, 3.05) is 6.54 Å². The highest BCUT2D eigenvalue weighted by Crippen LogP contribution is 2.16. The van der Waals surface area contributed by atoms with E-state index in [1.54, 1.807) is 31.2 Å². The van der Waals surface area contributed by atoms with Crippen molar-refractivity contribution in [3.63, 3.8) is 0 Å². The van der Waals surface area contributed by atoms with Crippen LogP contribution in [-0.4, -0.2) is 23.2 Å². The van der Waals surface area contributed by atoms with Crippen LogP contribution in [0.15, 0.2) is 24.3 Å². The van der Waals surface area contributed by atoms with Gasteiger partial charge in [-0.05, 0) is 24.6 Å². The summed E-state index contributed by atoms with van der Waals surface area (Å²) in [5.41, 5.74) is -0.177. The molecule has 0 fully saturated rings. The third-order valence-corrected chi connectivity index (χ3v) is 2.78. The Hall–Kier alpha value is -1.50. The third-order valence-electron chi connectivity index (χ3n) is 2.52. The van der Waals surface area contributed by atoms with Gasteiger partial charge in [0.25, 0.3) is 0 Å². The van der Waals surface area contributed by atoms with Crippen molar-refractivity contribution in [2.45, 2.75) is 18.9 Å². The van der Waals surface area contributed by atoms with Gasteiger partial charge in [0.15, 0.2) is 0 Å². The number of hydrogen-bond acceptors (Lipinski definition) is 2. The lowest BCUT2D eigenvalue weighted by Crippen LogP contribution is -2.51. The zero-order valence-electron chi connectivity index (χ0n) is 9.53. The van der Waals surface area contributed by atoms with E-state index >= 15 is 0 Å². The zero-order valence-corrected chi connectivity index (χ0v) is 10.3. The molecule has 17 heavy (non-hydrogen) atoms. The van der Waals surface area contributed by atoms with Gasteiger partial charge < -0.3 is 5.11 Å². The van der Waals surface area contributed by atoms with Crippen LogP contribution in [0.25, 0.3) is 0 Å². The molecule has 4 heteroatoms. The minimum atomic E-state index is -1.07. The van der Waals surface area contributed by atoms with Crippen LogP contribution in [0.2, 0.25) is 5.02 Å². The average molecular weight is 252 g/mol. The summed E-state index contributed by atoms with van der Waals surface area (Å²) in [5, 5.41) is 12.7. The molecule has 0 spiro atoms. The number of aliphatic carboxylic acids is 1. The number of carbonyl (C=O) groups is 1. The van der Waals surface area contributed by atoms with Crippen LogP contribution in [0, 0.1) is 12.3 Å². The van der Waals surface area contributed by atoms with E-state index in [0.717, 1.165) is 5.56 Å². The molecular formula is C13H14ClNO2. The summed E-state index contributed by atoms with van der Waals surface area (Å²) in [6.45, 7) is 1.83. The Morgan fingerprint density at radius 1 is 1.53 bits per heavy atom. The molecule has 1 aromatic carbocycles. The highest BCUT2D eigenvalue weighted by molar-refractivity contribution is 6.30. The van der Waals surface area contributed by atoms with E-state index in [1.807, 2.05) is 0 Å². The second-order valence-electron chi connectivity index (χ2n) is 4.00. The molecule has 3 nitrogen and oxygen atoms in total. The predicted octanol–water partition coefficient (Wildman–Crippen LogP) is 1.95. The van der Waals surface area contributed by atoms with Crippen molar-refractivity contribution < 1.29 is 9.90 Å². The van der Waals surface area contributed by atoms with Crippen LogP contribution >= 0.6 is 11.6 Å². The van der Waals surface area contributed by atoms with E-state index in [4.69, 9.17) is 18.0 Å². The van der Waals surface area contributed by atoms with Gasteiger partial charge in [-0.1, -0.05) is 29.7 Å². The van der Waals surface area contributed by atoms with Crippen molar-refractivity contribution in [3.05, 3.63) is 34.9 Å². The summed E-state index contributed by atoms with van der Waals surface area (Å²) in [4.78, 5) is 11.2. The maximum atomic E-state index is 11.2. The summed E-state index contributed by atoms with van der Waals surface area (Å²) in [6, 6.07) is 7.09. The molecule has 0 bridgehead atoms. The molecule has 1 aromatic rings. The number of benzene rings is 1. The largest absolute Gasteiger partial charge is 0.480 e. The predicted molar refractivity (Wildman–Crippen MR) is 68.0 cm³/mol. The number of carboxylic acid groups (broad SMARTS) is 1. The Balaban J connectivity index is 2.83. The molecule has 2 N–H and O–H groups in total. The molecule has 0 saturated carbocycles. The molecule has 0 aliphatic rings. The normalized spacial score (nSPS) is 13.7. The molecule has 0 saturated heterocycles. The highest BCUT2D eigenvalue weighted by Gasteiger charge is 2.32. The topological polar surface area (TPSA) is 49.3 Å². The molecule has 0 radical (unpaired) electrons. The van der Waals surface area contributed by atoms with E-state index in [9.17, 15) is 9.90 Å². The molecule has 90 valence electrons. The molecule has 0 amide bonds. The van der Waals surface area contributed by atoms with Crippen molar-refractivity contribution in [1.29, 1.82) is 0 Å². The van der Waals surface area contributed by atoms with E-state index in [2.05, 4.69) is 11.2 Å². The van der Waals surface area contributed by atoms with Gasteiger partial charge in [-0.25, -0.2) is 0 Å². The van der Waals surface area contributed by atoms with E-state index < -0.39 is 11.5 Å². The van der Waals surface area contributed by atoms with Crippen molar-refractivity contribution in [2.24, 2.45) is 0 Å². The van der Waals surface area contributed by atoms with Crippen molar-refractivity contribution in [1.82, 2.24) is 5.32 Å². The van der Waals surface area contributed by atoms with Gasteiger partial charge in [-0.15, -0.1) is 6.42 Å². The zero-order chi connectivity index (χ0) is 12.9. The first kappa shape index (κ1) is 13.6. The molecular weight excluding hydrogens is 238 g/mol. The second kappa shape index (κ2) is 5.72. The quantitative estimate of drug-likeness (QED) is 0.787. The molecule has 1 unspecified atom stereocenters.